The SMILES string of the molecule is Clc1cccc(/C=C/c2nc3ncccc3o2)c1. The van der Waals surface area contributed by atoms with E-state index in [1.807, 2.05) is 42.5 Å². The Kier molecular flexibility index (Phi) is 2.82. The Morgan fingerprint density at radius 1 is 1.11 bits per heavy atom. The van der Waals surface area contributed by atoms with Crippen LogP contribution in [-0.2, 0) is 0 Å². The summed E-state index contributed by atoms with van der Waals surface area (Å²) < 4.78 is 5.53. The molecular formula is C14H9ClN2O. The van der Waals surface area contributed by atoms with Crippen LogP contribution in [0, 0.1) is 0 Å². The van der Waals surface area contributed by atoms with Crippen LogP contribution in [0.3, 0.4) is 0 Å². The molecule has 0 bridgehead atoms. The second-order valence-corrected chi connectivity index (χ2v) is 4.20. The molecule has 0 saturated carbocycles. The van der Waals surface area contributed by atoms with Crippen molar-refractivity contribution < 1.29 is 4.42 Å². The summed E-state index contributed by atoms with van der Waals surface area (Å²) in [5.41, 5.74) is 2.30. The average molecular weight is 257 g/mol. The maximum atomic E-state index is 5.91. The fraction of sp³-hybridized carbons (Fsp3) is 0. The fourth-order valence-corrected chi connectivity index (χ4v) is 1.83. The van der Waals surface area contributed by atoms with E-state index in [-0.39, 0.29) is 0 Å². The van der Waals surface area contributed by atoms with Crippen LogP contribution < -0.4 is 0 Å². The van der Waals surface area contributed by atoms with E-state index in [9.17, 15) is 0 Å². The van der Waals surface area contributed by atoms with Crippen molar-refractivity contribution in [2.45, 2.75) is 0 Å². The number of benzene rings is 1. The first-order valence-electron chi connectivity index (χ1n) is 5.46. The Labute approximate surface area is 109 Å². The van der Waals surface area contributed by atoms with Gasteiger partial charge in [0.15, 0.2) is 11.2 Å². The van der Waals surface area contributed by atoms with Crippen molar-refractivity contribution in [3.05, 3.63) is 59.1 Å². The maximum Gasteiger partial charge on any atom is 0.221 e. The summed E-state index contributed by atoms with van der Waals surface area (Å²) in [4.78, 5) is 8.36. The van der Waals surface area contributed by atoms with E-state index in [4.69, 9.17) is 16.0 Å². The molecule has 0 saturated heterocycles. The summed E-state index contributed by atoms with van der Waals surface area (Å²) in [5, 5.41) is 0.705. The predicted octanol–water partition coefficient (Wildman–Crippen LogP) is 4.05. The molecule has 0 unspecified atom stereocenters. The molecule has 0 aliphatic rings. The number of fused-ring (bicyclic) bond motifs is 1. The Morgan fingerprint density at radius 3 is 2.89 bits per heavy atom. The number of hydrogen-bond acceptors (Lipinski definition) is 3. The topological polar surface area (TPSA) is 38.9 Å². The summed E-state index contributed by atoms with van der Waals surface area (Å²) in [6, 6.07) is 11.2. The molecule has 0 amide bonds. The third kappa shape index (κ3) is 2.26. The van der Waals surface area contributed by atoms with E-state index < -0.39 is 0 Å². The first-order chi connectivity index (χ1) is 8.81. The number of hydrogen-bond donors (Lipinski definition) is 0. The number of aromatic nitrogens is 2. The van der Waals surface area contributed by atoms with Crippen LogP contribution in [0.1, 0.15) is 11.5 Å². The van der Waals surface area contributed by atoms with Gasteiger partial charge in [-0.15, -0.1) is 0 Å². The molecule has 0 radical (unpaired) electrons. The van der Waals surface area contributed by atoms with Gasteiger partial charge in [0, 0.05) is 17.3 Å². The zero-order valence-electron chi connectivity index (χ0n) is 9.38. The lowest BCUT2D eigenvalue weighted by Crippen LogP contribution is -1.74. The number of nitrogens with zero attached hydrogens (tertiary/aromatic N) is 2. The highest BCUT2D eigenvalue weighted by atomic mass is 35.5. The largest absolute Gasteiger partial charge is 0.435 e. The number of oxazole rings is 1. The lowest BCUT2D eigenvalue weighted by atomic mass is 10.2. The summed E-state index contributed by atoms with van der Waals surface area (Å²) in [6.45, 7) is 0. The molecule has 2 aromatic heterocycles. The monoisotopic (exact) mass is 256 g/mol. The van der Waals surface area contributed by atoms with E-state index in [0.29, 0.717) is 22.1 Å². The average Bonchev–Trinajstić information content (AvgIpc) is 2.79. The second-order valence-electron chi connectivity index (χ2n) is 3.77. The van der Waals surface area contributed by atoms with Crippen LogP contribution in [0.4, 0.5) is 0 Å². The van der Waals surface area contributed by atoms with Crippen LogP contribution in [0.2, 0.25) is 5.02 Å². The van der Waals surface area contributed by atoms with Crippen LogP contribution >= 0.6 is 11.6 Å². The molecule has 0 N–H and O–H groups in total. The molecule has 3 nitrogen and oxygen atoms in total. The highest BCUT2D eigenvalue weighted by Gasteiger charge is 2.02. The van der Waals surface area contributed by atoms with E-state index in [2.05, 4.69) is 9.97 Å². The Hall–Kier alpha value is -2.13. The zero-order valence-corrected chi connectivity index (χ0v) is 10.1. The van der Waals surface area contributed by atoms with Gasteiger partial charge >= 0.3 is 0 Å². The fourth-order valence-electron chi connectivity index (χ4n) is 1.63. The van der Waals surface area contributed by atoms with Crippen molar-refractivity contribution in [3.63, 3.8) is 0 Å². The minimum atomic E-state index is 0.531. The summed E-state index contributed by atoms with van der Waals surface area (Å²) in [5.74, 6) is 0.531. The molecule has 3 aromatic rings. The van der Waals surface area contributed by atoms with Gasteiger partial charge in [0.05, 0.1) is 0 Å². The van der Waals surface area contributed by atoms with E-state index in [1.165, 1.54) is 0 Å². The summed E-state index contributed by atoms with van der Waals surface area (Å²) in [7, 11) is 0. The van der Waals surface area contributed by atoms with Gasteiger partial charge in [-0.1, -0.05) is 23.7 Å². The van der Waals surface area contributed by atoms with Crippen LogP contribution in [-0.4, -0.2) is 9.97 Å². The molecule has 4 heteroatoms. The summed E-state index contributed by atoms with van der Waals surface area (Å²) in [6.07, 6.45) is 5.39. The van der Waals surface area contributed by atoms with Gasteiger partial charge in [0.25, 0.3) is 0 Å². The molecule has 0 aliphatic carbocycles. The quantitative estimate of drug-likeness (QED) is 0.694. The lowest BCUT2D eigenvalue weighted by Gasteiger charge is -1.92. The van der Waals surface area contributed by atoms with Gasteiger partial charge in [-0.2, -0.15) is 4.98 Å². The van der Waals surface area contributed by atoms with E-state index >= 15 is 0 Å². The lowest BCUT2D eigenvalue weighted by molar-refractivity contribution is 0.589. The van der Waals surface area contributed by atoms with Crippen LogP contribution in [0.5, 0.6) is 0 Å². The Bertz CT molecular complexity index is 685. The molecule has 0 aliphatic heterocycles. The molecule has 2 heterocycles. The standard InChI is InChI=1S/C14H9ClN2O/c15-11-4-1-3-10(9-11)6-7-13-17-14-12(18-13)5-2-8-16-14/h1-9H/b7-6+. The molecule has 88 valence electrons. The maximum absolute atomic E-state index is 5.91. The highest BCUT2D eigenvalue weighted by molar-refractivity contribution is 6.30. The van der Waals surface area contributed by atoms with Crippen LogP contribution in [0.15, 0.2) is 47.0 Å². The van der Waals surface area contributed by atoms with Gasteiger partial charge in [-0.3, -0.25) is 0 Å². The minimum absolute atomic E-state index is 0.531. The number of pyridine rings is 1. The Balaban J connectivity index is 1.92. The van der Waals surface area contributed by atoms with Gasteiger partial charge in [-0.05, 0) is 35.9 Å². The molecule has 0 spiro atoms. The number of halogens is 1. The van der Waals surface area contributed by atoms with Crippen molar-refractivity contribution in [2.75, 3.05) is 0 Å². The van der Waals surface area contributed by atoms with Gasteiger partial charge in [-0.25, -0.2) is 4.98 Å². The molecule has 0 fully saturated rings. The van der Waals surface area contributed by atoms with E-state index in [0.717, 1.165) is 5.56 Å². The number of rotatable bonds is 2. The third-order valence-corrected chi connectivity index (χ3v) is 2.68. The molecule has 0 atom stereocenters. The first-order valence-corrected chi connectivity index (χ1v) is 5.84. The minimum Gasteiger partial charge on any atom is -0.435 e. The first kappa shape index (κ1) is 11.0. The molecular weight excluding hydrogens is 248 g/mol. The zero-order chi connectivity index (χ0) is 12.4. The normalized spacial score (nSPS) is 11.4. The van der Waals surface area contributed by atoms with Gasteiger partial charge < -0.3 is 4.42 Å². The predicted molar refractivity (Wildman–Crippen MR) is 72.2 cm³/mol. The van der Waals surface area contributed by atoms with Gasteiger partial charge in [0.2, 0.25) is 5.89 Å². The smallest absolute Gasteiger partial charge is 0.221 e. The van der Waals surface area contributed by atoms with Crippen molar-refractivity contribution >= 4 is 35.0 Å². The Morgan fingerprint density at radius 2 is 2.06 bits per heavy atom. The highest BCUT2D eigenvalue weighted by Crippen LogP contribution is 2.16. The van der Waals surface area contributed by atoms with Crippen molar-refractivity contribution in [2.24, 2.45) is 0 Å². The van der Waals surface area contributed by atoms with Gasteiger partial charge in [0.1, 0.15) is 0 Å². The van der Waals surface area contributed by atoms with Crippen molar-refractivity contribution in [1.29, 1.82) is 0 Å². The summed E-state index contributed by atoms with van der Waals surface area (Å²) >= 11 is 5.91. The second kappa shape index (κ2) is 4.63. The van der Waals surface area contributed by atoms with Crippen molar-refractivity contribution in [3.8, 4) is 0 Å². The van der Waals surface area contributed by atoms with E-state index in [1.54, 1.807) is 12.3 Å². The third-order valence-electron chi connectivity index (χ3n) is 2.45. The molecule has 1 aromatic carbocycles. The molecule has 3 rings (SSSR count). The van der Waals surface area contributed by atoms with Crippen LogP contribution in [0.25, 0.3) is 23.4 Å². The van der Waals surface area contributed by atoms with Crippen molar-refractivity contribution in [1.82, 2.24) is 9.97 Å². The molecule has 18 heavy (non-hydrogen) atoms.